The van der Waals surface area contributed by atoms with Gasteiger partial charge in [0, 0.05) is 0 Å². The molecule has 0 heterocycles. The second-order valence-electron chi connectivity index (χ2n) is 14.9. The van der Waals surface area contributed by atoms with Crippen molar-refractivity contribution >= 4 is 68.8 Å². The number of fused-ring (bicyclic) bond motifs is 1. The Labute approximate surface area is 406 Å². The summed E-state index contributed by atoms with van der Waals surface area (Å²) in [5.74, 6) is -0.412. The van der Waals surface area contributed by atoms with E-state index in [1.807, 2.05) is 60.7 Å². The van der Waals surface area contributed by atoms with Crippen molar-refractivity contribution in [3.8, 4) is 0 Å². The predicted octanol–water partition coefficient (Wildman–Crippen LogP) is 11.7. The summed E-state index contributed by atoms with van der Waals surface area (Å²) in [5, 5.41) is 8.61. The van der Waals surface area contributed by atoms with Crippen LogP contribution in [0.2, 0.25) is 0 Å². The quantitative estimate of drug-likeness (QED) is 0.0863. The van der Waals surface area contributed by atoms with Crippen molar-refractivity contribution in [2.75, 3.05) is 0 Å². The first kappa shape index (κ1) is 47.6. The van der Waals surface area contributed by atoms with Crippen LogP contribution in [0.4, 0.5) is 0 Å². The first-order chi connectivity index (χ1) is 32.6. The summed E-state index contributed by atoms with van der Waals surface area (Å²) in [7, 11) is 2.88. The van der Waals surface area contributed by atoms with Gasteiger partial charge in [0.2, 0.25) is 0 Å². The van der Waals surface area contributed by atoms with Crippen molar-refractivity contribution < 1.29 is 27.5 Å². The van der Waals surface area contributed by atoms with Crippen LogP contribution in [0.25, 0.3) is 0 Å². The Kier molecular flexibility index (Phi) is 18.3. The van der Waals surface area contributed by atoms with Crippen LogP contribution in [0.15, 0.2) is 278 Å². The van der Waals surface area contributed by atoms with Crippen LogP contribution in [-0.4, -0.2) is 11.6 Å². The van der Waals surface area contributed by atoms with Crippen LogP contribution in [0.1, 0.15) is 31.8 Å². The zero-order valence-electron chi connectivity index (χ0n) is 35.9. The third-order valence-corrected chi connectivity index (χ3v) is 16.0. The molecule has 9 aromatic rings. The monoisotopic (exact) mass is 1090 g/mol. The Hall–Kier alpha value is -6.40. The topological polar surface area (TPSA) is 34.1 Å². The number of allylic oxidation sites excluding steroid dienone is 2. The molecule has 9 aromatic carbocycles. The zero-order chi connectivity index (χ0) is 45.8. The van der Waals surface area contributed by atoms with Crippen molar-refractivity contribution in [3.63, 3.8) is 0 Å². The van der Waals surface area contributed by atoms with Crippen LogP contribution in [0, 0.1) is 12.2 Å². The molecule has 0 unspecified atom stereocenters. The van der Waals surface area contributed by atoms with Crippen molar-refractivity contribution in [1.82, 2.24) is 0 Å². The molecule has 10 rings (SSSR count). The second kappa shape index (κ2) is 25.3. The Morgan fingerprint density at radius 1 is 0.273 bits per heavy atom. The van der Waals surface area contributed by atoms with E-state index in [0.717, 1.165) is 11.1 Å². The van der Waals surface area contributed by atoms with Gasteiger partial charge in [-0.15, -0.1) is 46.5 Å². The van der Waals surface area contributed by atoms with E-state index < -0.39 is 15.8 Å². The van der Waals surface area contributed by atoms with E-state index in [2.05, 4.69) is 204 Å². The summed E-state index contributed by atoms with van der Waals surface area (Å²) in [6.45, 7) is 0. The maximum Gasteiger partial charge on any atom is 0.102 e. The van der Waals surface area contributed by atoms with E-state index in [-0.39, 0.29) is 22.7 Å². The van der Waals surface area contributed by atoms with Gasteiger partial charge >= 0.3 is 27.5 Å². The van der Waals surface area contributed by atoms with Gasteiger partial charge in [0.05, 0.1) is 27.4 Å². The van der Waals surface area contributed by atoms with E-state index in [9.17, 15) is 9.59 Å². The molecular weight excluding hydrogens is 1040 g/mol. The first-order valence-corrected chi connectivity index (χ1v) is 27.4. The van der Waals surface area contributed by atoms with Crippen molar-refractivity contribution in [2.24, 2.45) is 0 Å². The van der Waals surface area contributed by atoms with Crippen LogP contribution in [0.3, 0.4) is 0 Å². The Bertz CT molecular complexity index is 2540. The molecule has 0 spiro atoms. The van der Waals surface area contributed by atoms with Gasteiger partial charge in [-0.25, -0.2) is 0 Å². The minimum atomic E-state index is -0.877. The number of hydrogen-bond acceptors (Lipinski definition) is 2. The fraction of sp³-hybridized carbons (Fsp3) is 0. The molecule has 0 radical (unpaired) electrons. The average Bonchev–Trinajstić information content (AvgIpc) is 3.40. The van der Waals surface area contributed by atoms with Gasteiger partial charge < -0.3 is 9.59 Å². The van der Waals surface area contributed by atoms with Crippen LogP contribution < -0.4 is 31.8 Å². The number of carbonyl (C=O) groups is 2. The minimum Gasteiger partial charge on any atom is -0.0620 e. The van der Waals surface area contributed by atoms with E-state index >= 15 is 0 Å². The van der Waals surface area contributed by atoms with Crippen LogP contribution in [0.5, 0.6) is 0 Å². The van der Waals surface area contributed by atoms with E-state index in [1.165, 1.54) is 49.7 Å². The molecule has 0 atom stereocenters. The van der Waals surface area contributed by atoms with Gasteiger partial charge in [-0.1, -0.05) is 170 Å². The Morgan fingerprint density at radius 3 is 0.667 bits per heavy atom. The number of carbonyl (C=O) groups excluding carboxylic acids is 2. The molecule has 1 aliphatic rings. The van der Waals surface area contributed by atoms with Gasteiger partial charge in [0.15, 0.2) is 0 Å². The van der Waals surface area contributed by atoms with Gasteiger partial charge in [-0.3, -0.25) is 0 Å². The van der Waals surface area contributed by atoms with E-state index in [4.69, 9.17) is 0 Å². The van der Waals surface area contributed by atoms with Crippen LogP contribution in [-0.2, 0) is 17.9 Å². The number of ketones is 2. The molecular formula is C60H46ClIrO2P2+2. The molecule has 322 valence electrons. The van der Waals surface area contributed by atoms with E-state index in [0.29, 0.717) is 11.1 Å². The smallest absolute Gasteiger partial charge is 0.0620 e. The van der Waals surface area contributed by atoms with Crippen LogP contribution >= 0.6 is 25.4 Å². The molecule has 0 amide bonds. The molecule has 0 saturated heterocycles. The minimum absolute atomic E-state index is 0.206. The molecule has 0 aromatic heterocycles. The van der Waals surface area contributed by atoms with Gasteiger partial charge in [0.25, 0.3) is 0 Å². The summed E-state index contributed by atoms with van der Waals surface area (Å²) >= 11 is 1.47. The SMILES string of the molecule is O=C1C(=[C-]c2ccccc2)C(=[C-]c2ccccc2)C(=O)c2ccccc21.[Cl][Ir+2].c1ccc([PH+](c2ccccc2)c2ccccc2)cc1.c1ccc([PH+](c2ccccc2)c2ccccc2)cc1. The molecule has 66 heavy (non-hydrogen) atoms. The average molecular weight is 1090 g/mol. The number of rotatable bonds is 8. The Balaban J connectivity index is 0.000000147. The maximum atomic E-state index is 13.1. The standard InChI is InChI=1S/C24H14O2.2C18H15P.ClH.Ir/c25-23-19-13-7-8-14-20(19)24(26)22(16-18-11-5-2-6-12-18)21(23)15-17-9-3-1-4-10-17;2*1-4-10-16(11-5-1)19(17-12-6-2-7-13-17)18-14-8-3-9-15-18;;/h1-14H;2*1-15H;1H;/q-2;;;;+3/p+1. The van der Waals surface area contributed by atoms with Crippen molar-refractivity contribution in [2.45, 2.75) is 0 Å². The molecule has 2 nitrogen and oxygen atoms in total. The second-order valence-corrected chi connectivity index (χ2v) is 19.8. The Morgan fingerprint density at radius 2 is 0.455 bits per heavy atom. The molecule has 0 bridgehead atoms. The summed E-state index contributed by atoms with van der Waals surface area (Å²) in [4.78, 5) is 26.1. The molecule has 0 fully saturated rings. The van der Waals surface area contributed by atoms with Gasteiger partial charge in [0.1, 0.15) is 31.8 Å². The largest absolute Gasteiger partial charge is 0.102 e. The third kappa shape index (κ3) is 12.7. The molecule has 0 N–H and O–H groups in total. The van der Waals surface area contributed by atoms with Gasteiger partial charge in [-0.05, 0) is 83.9 Å². The summed E-state index contributed by atoms with van der Waals surface area (Å²) in [5.41, 5.74) is 2.82. The summed E-state index contributed by atoms with van der Waals surface area (Å²) in [6.07, 6.45) is 6.24. The molecule has 6 heteroatoms. The summed E-state index contributed by atoms with van der Waals surface area (Å²) in [6, 6.07) is 90.6. The normalized spacial score (nSPS) is 12.8. The number of Topliss-reactive ketones (excluding diaryl/α,β-unsaturated/α-hetero) is 2. The fourth-order valence-corrected chi connectivity index (χ4v) is 12.7. The summed E-state index contributed by atoms with van der Waals surface area (Å²) < 4.78 is 0. The van der Waals surface area contributed by atoms with E-state index in [1.54, 1.807) is 24.3 Å². The fourth-order valence-electron chi connectivity index (χ4n) is 7.57. The van der Waals surface area contributed by atoms with Crippen molar-refractivity contribution in [1.29, 1.82) is 0 Å². The number of hydrogen-bond donors (Lipinski definition) is 0. The predicted molar refractivity (Wildman–Crippen MR) is 279 cm³/mol. The molecule has 0 aliphatic heterocycles. The maximum absolute atomic E-state index is 13.1. The van der Waals surface area contributed by atoms with Gasteiger partial charge in [-0.2, -0.15) is 12.2 Å². The number of halogens is 1. The zero-order valence-corrected chi connectivity index (χ0v) is 41.1. The van der Waals surface area contributed by atoms with Crippen molar-refractivity contribution in [3.05, 3.63) is 312 Å². The first-order valence-electron chi connectivity index (χ1n) is 21.4. The number of benzene rings is 9. The molecule has 0 saturated carbocycles. The molecule has 1 aliphatic carbocycles. The third-order valence-electron chi connectivity index (χ3n) is 10.6.